The highest BCUT2D eigenvalue weighted by molar-refractivity contribution is 5.34. The summed E-state index contributed by atoms with van der Waals surface area (Å²) in [4.78, 5) is 4.05. The number of hydrogen-bond acceptors (Lipinski definition) is 3. The van der Waals surface area contributed by atoms with Crippen LogP contribution in [0.2, 0.25) is 0 Å². The highest BCUT2D eigenvalue weighted by atomic mass is 15.3. The van der Waals surface area contributed by atoms with Crippen LogP contribution in [0.3, 0.4) is 0 Å². The van der Waals surface area contributed by atoms with Crippen LogP contribution in [-0.2, 0) is 6.54 Å². The Morgan fingerprint density at radius 3 is 2.61 bits per heavy atom. The Morgan fingerprint density at radius 1 is 1.28 bits per heavy atom. The first-order chi connectivity index (χ1) is 8.74. The lowest BCUT2D eigenvalue weighted by molar-refractivity contribution is 0.689. The van der Waals surface area contributed by atoms with E-state index in [0.717, 1.165) is 18.8 Å². The fourth-order valence-electron chi connectivity index (χ4n) is 2.09. The van der Waals surface area contributed by atoms with Gasteiger partial charge >= 0.3 is 0 Å². The van der Waals surface area contributed by atoms with Gasteiger partial charge in [0.2, 0.25) is 0 Å². The topological polar surface area (TPSA) is 42.7 Å². The molecule has 0 spiro atoms. The van der Waals surface area contributed by atoms with Crippen molar-refractivity contribution in [3.63, 3.8) is 0 Å². The van der Waals surface area contributed by atoms with Gasteiger partial charge in [0.1, 0.15) is 0 Å². The molecule has 0 aromatic carbocycles. The molecule has 0 fully saturated rings. The molecule has 2 aromatic rings. The van der Waals surface area contributed by atoms with Crippen LogP contribution in [-0.4, -0.2) is 21.3 Å². The maximum atomic E-state index is 4.51. The summed E-state index contributed by atoms with van der Waals surface area (Å²) in [6.07, 6.45) is 5.55. The van der Waals surface area contributed by atoms with Crippen molar-refractivity contribution in [1.82, 2.24) is 20.1 Å². The van der Waals surface area contributed by atoms with E-state index in [1.54, 1.807) is 12.4 Å². The lowest BCUT2D eigenvalue weighted by Crippen LogP contribution is -2.14. The van der Waals surface area contributed by atoms with E-state index >= 15 is 0 Å². The van der Waals surface area contributed by atoms with E-state index in [2.05, 4.69) is 36.2 Å². The molecule has 0 atom stereocenters. The maximum Gasteiger partial charge on any atom is 0.0679 e. The minimum atomic E-state index is 0.439. The van der Waals surface area contributed by atoms with Gasteiger partial charge in [0.25, 0.3) is 0 Å². The van der Waals surface area contributed by atoms with Crippen LogP contribution in [0, 0.1) is 0 Å². The van der Waals surface area contributed by atoms with E-state index in [1.165, 1.54) is 11.3 Å². The van der Waals surface area contributed by atoms with E-state index < -0.39 is 0 Å². The summed E-state index contributed by atoms with van der Waals surface area (Å²) in [5, 5.41) is 7.87. The molecule has 2 aromatic heterocycles. The number of rotatable bonds is 5. The number of aromatic nitrogens is 3. The fraction of sp³-hybridized carbons (Fsp3) is 0.429. The molecule has 0 aliphatic rings. The van der Waals surface area contributed by atoms with Gasteiger partial charge in [-0.05, 0) is 24.6 Å². The van der Waals surface area contributed by atoms with Crippen molar-refractivity contribution in [2.45, 2.75) is 33.2 Å². The zero-order chi connectivity index (χ0) is 13.0. The third-order valence-corrected chi connectivity index (χ3v) is 2.91. The van der Waals surface area contributed by atoms with Crippen LogP contribution in [0.4, 0.5) is 0 Å². The normalized spacial score (nSPS) is 11.1. The highest BCUT2D eigenvalue weighted by Crippen LogP contribution is 2.22. The molecule has 2 rings (SSSR count). The molecule has 0 bridgehead atoms. The molecule has 96 valence electrons. The first-order valence-corrected chi connectivity index (χ1v) is 6.42. The van der Waals surface area contributed by atoms with E-state index in [1.807, 2.05) is 23.0 Å². The molecule has 2 heterocycles. The van der Waals surface area contributed by atoms with Gasteiger partial charge in [0, 0.05) is 24.5 Å². The smallest absolute Gasteiger partial charge is 0.0679 e. The van der Waals surface area contributed by atoms with Crippen LogP contribution in [0.15, 0.2) is 30.7 Å². The predicted octanol–water partition coefficient (Wildman–Crippen LogP) is 2.50. The minimum absolute atomic E-state index is 0.439. The molecular weight excluding hydrogens is 224 g/mol. The van der Waals surface area contributed by atoms with Crippen LogP contribution >= 0.6 is 0 Å². The summed E-state index contributed by atoms with van der Waals surface area (Å²) in [6, 6.07) is 3.96. The van der Waals surface area contributed by atoms with Crippen molar-refractivity contribution in [2.24, 2.45) is 0 Å². The van der Waals surface area contributed by atoms with Gasteiger partial charge in [0.05, 0.1) is 17.6 Å². The van der Waals surface area contributed by atoms with E-state index in [-0.39, 0.29) is 0 Å². The SMILES string of the molecule is CCNCc1cnn(-c2ccncc2)c1C(C)C. The average Bonchev–Trinajstić information content (AvgIpc) is 2.81. The summed E-state index contributed by atoms with van der Waals surface area (Å²) < 4.78 is 2.01. The molecule has 4 heteroatoms. The Morgan fingerprint density at radius 2 is 2.00 bits per heavy atom. The third-order valence-electron chi connectivity index (χ3n) is 2.91. The van der Waals surface area contributed by atoms with Crippen molar-refractivity contribution in [3.05, 3.63) is 42.0 Å². The molecule has 0 aliphatic carbocycles. The van der Waals surface area contributed by atoms with Crippen molar-refractivity contribution in [2.75, 3.05) is 6.54 Å². The minimum Gasteiger partial charge on any atom is -0.313 e. The number of pyridine rings is 1. The summed E-state index contributed by atoms with van der Waals surface area (Å²) in [5.74, 6) is 0.439. The van der Waals surface area contributed by atoms with Crippen molar-refractivity contribution in [3.8, 4) is 5.69 Å². The fourth-order valence-corrected chi connectivity index (χ4v) is 2.09. The largest absolute Gasteiger partial charge is 0.313 e. The lowest BCUT2D eigenvalue weighted by atomic mass is 10.1. The lowest BCUT2D eigenvalue weighted by Gasteiger charge is -2.12. The molecule has 18 heavy (non-hydrogen) atoms. The van der Waals surface area contributed by atoms with Gasteiger partial charge in [-0.2, -0.15) is 5.10 Å². The first-order valence-electron chi connectivity index (χ1n) is 6.42. The molecule has 0 saturated carbocycles. The first kappa shape index (κ1) is 12.8. The second kappa shape index (κ2) is 5.78. The molecule has 1 N–H and O–H groups in total. The van der Waals surface area contributed by atoms with Crippen LogP contribution in [0.5, 0.6) is 0 Å². The van der Waals surface area contributed by atoms with Crippen molar-refractivity contribution < 1.29 is 0 Å². The van der Waals surface area contributed by atoms with Crippen molar-refractivity contribution in [1.29, 1.82) is 0 Å². The number of hydrogen-bond donors (Lipinski definition) is 1. The van der Waals surface area contributed by atoms with E-state index in [4.69, 9.17) is 0 Å². The zero-order valence-corrected chi connectivity index (χ0v) is 11.2. The van der Waals surface area contributed by atoms with Gasteiger partial charge in [-0.15, -0.1) is 0 Å². The van der Waals surface area contributed by atoms with Crippen LogP contribution < -0.4 is 5.32 Å². The van der Waals surface area contributed by atoms with Gasteiger partial charge < -0.3 is 5.32 Å². The summed E-state index contributed by atoms with van der Waals surface area (Å²) in [5.41, 5.74) is 3.60. The highest BCUT2D eigenvalue weighted by Gasteiger charge is 2.14. The Bertz CT molecular complexity index is 488. The summed E-state index contributed by atoms with van der Waals surface area (Å²) >= 11 is 0. The van der Waals surface area contributed by atoms with Gasteiger partial charge in [0.15, 0.2) is 0 Å². The maximum absolute atomic E-state index is 4.51. The van der Waals surface area contributed by atoms with Crippen LogP contribution in [0.1, 0.15) is 37.9 Å². The second-order valence-electron chi connectivity index (χ2n) is 4.61. The van der Waals surface area contributed by atoms with Crippen LogP contribution in [0.25, 0.3) is 5.69 Å². The number of nitrogens with one attached hydrogen (secondary N) is 1. The van der Waals surface area contributed by atoms with Gasteiger partial charge in [-0.3, -0.25) is 4.98 Å². The molecule has 0 amide bonds. The Hall–Kier alpha value is -1.68. The molecule has 0 saturated heterocycles. The molecular formula is C14H20N4. The molecule has 0 radical (unpaired) electrons. The molecule has 4 nitrogen and oxygen atoms in total. The average molecular weight is 244 g/mol. The van der Waals surface area contributed by atoms with Gasteiger partial charge in [-0.1, -0.05) is 20.8 Å². The Balaban J connectivity index is 2.39. The zero-order valence-electron chi connectivity index (χ0n) is 11.2. The summed E-state index contributed by atoms with van der Waals surface area (Å²) in [6.45, 7) is 8.35. The predicted molar refractivity (Wildman–Crippen MR) is 72.8 cm³/mol. The Labute approximate surface area is 108 Å². The van der Waals surface area contributed by atoms with E-state index in [0.29, 0.717) is 5.92 Å². The Kier molecular flexibility index (Phi) is 4.10. The second-order valence-corrected chi connectivity index (χ2v) is 4.61. The molecule has 0 unspecified atom stereocenters. The van der Waals surface area contributed by atoms with Gasteiger partial charge in [-0.25, -0.2) is 4.68 Å². The molecule has 0 aliphatic heterocycles. The van der Waals surface area contributed by atoms with E-state index in [9.17, 15) is 0 Å². The quantitative estimate of drug-likeness (QED) is 0.878. The standard InChI is InChI=1S/C14H20N4/c1-4-15-9-12-10-17-18(14(12)11(2)3)13-5-7-16-8-6-13/h5-8,10-11,15H,4,9H2,1-3H3. The monoisotopic (exact) mass is 244 g/mol. The summed E-state index contributed by atoms with van der Waals surface area (Å²) in [7, 11) is 0. The van der Waals surface area contributed by atoms with Crippen molar-refractivity contribution >= 4 is 0 Å². The number of nitrogens with zero attached hydrogens (tertiary/aromatic N) is 3. The third kappa shape index (κ3) is 2.59.